The molecule has 0 unspecified atom stereocenters. The highest BCUT2D eigenvalue weighted by molar-refractivity contribution is 7.97. The van der Waals surface area contributed by atoms with Gasteiger partial charge in [-0.05, 0) is 29.6 Å². The molecule has 0 aliphatic carbocycles. The first-order valence-electron chi connectivity index (χ1n) is 4.78. The molecule has 0 spiro atoms. The standard InChI is InChI=1S/C10H12ClFN2O2S/c11-8-2-1-7(5-9(8)12)6-16-3-4-17-14-10(13)15/h1-2,5H,3-4,6H2,(H3,13,14,15). The normalized spacial score (nSPS) is 10.2. The number of carbonyl (C=O) groups is 1. The lowest BCUT2D eigenvalue weighted by atomic mass is 10.2. The molecule has 1 aromatic carbocycles. The number of halogens is 2. The largest absolute Gasteiger partial charge is 0.376 e. The summed E-state index contributed by atoms with van der Waals surface area (Å²) in [4.78, 5) is 10.3. The summed E-state index contributed by atoms with van der Waals surface area (Å²) >= 11 is 6.70. The third kappa shape index (κ3) is 5.76. The van der Waals surface area contributed by atoms with E-state index < -0.39 is 11.8 Å². The third-order valence-corrected chi connectivity index (χ3v) is 2.78. The van der Waals surface area contributed by atoms with Gasteiger partial charge in [0.05, 0.1) is 18.2 Å². The highest BCUT2D eigenvalue weighted by Gasteiger charge is 2.01. The second kappa shape index (κ2) is 7.37. The monoisotopic (exact) mass is 278 g/mol. The van der Waals surface area contributed by atoms with Crippen LogP contribution in [0, 0.1) is 5.82 Å². The number of hydrogen-bond acceptors (Lipinski definition) is 3. The molecule has 17 heavy (non-hydrogen) atoms. The molecule has 0 radical (unpaired) electrons. The lowest BCUT2D eigenvalue weighted by Crippen LogP contribution is -2.23. The Morgan fingerprint density at radius 2 is 2.35 bits per heavy atom. The molecular weight excluding hydrogens is 267 g/mol. The van der Waals surface area contributed by atoms with Crippen molar-refractivity contribution in [2.24, 2.45) is 5.73 Å². The number of rotatable bonds is 6. The number of benzene rings is 1. The molecule has 1 aromatic rings. The zero-order valence-electron chi connectivity index (χ0n) is 8.91. The Morgan fingerprint density at radius 3 is 3.00 bits per heavy atom. The molecule has 0 aliphatic rings. The Morgan fingerprint density at radius 1 is 1.59 bits per heavy atom. The van der Waals surface area contributed by atoms with E-state index in [0.717, 1.165) is 11.9 Å². The molecule has 3 N–H and O–H groups in total. The summed E-state index contributed by atoms with van der Waals surface area (Å²) in [5, 5.41) is 0.0926. The zero-order chi connectivity index (χ0) is 12.7. The van der Waals surface area contributed by atoms with Gasteiger partial charge in [0.2, 0.25) is 0 Å². The summed E-state index contributed by atoms with van der Waals surface area (Å²) in [5.74, 6) is 0.108. The fourth-order valence-electron chi connectivity index (χ4n) is 1.04. The summed E-state index contributed by atoms with van der Waals surface area (Å²) < 4.78 is 20.7. The number of amides is 2. The van der Waals surface area contributed by atoms with E-state index in [1.54, 1.807) is 6.07 Å². The molecule has 2 amide bonds. The summed E-state index contributed by atoms with van der Waals surface area (Å²) in [5.41, 5.74) is 5.57. The first-order chi connectivity index (χ1) is 8.09. The van der Waals surface area contributed by atoms with Gasteiger partial charge in [-0.3, -0.25) is 4.72 Å². The van der Waals surface area contributed by atoms with Crippen LogP contribution in [0.15, 0.2) is 18.2 Å². The summed E-state index contributed by atoms with van der Waals surface area (Å²) in [7, 11) is 0. The molecule has 0 saturated carbocycles. The molecule has 0 fully saturated rings. The van der Waals surface area contributed by atoms with Gasteiger partial charge in [-0.1, -0.05) is 17.7 Å². The van der Waals surface area contributed by atoms with Crippen LogP contribution in [-0.4, -0.2) is 18.4 Å². The minimum atomic E-state index is -0.588. The minimum absolute atomic E-state index is 0.0926. The number of hydrogen-bond donors (Lipinski definition) is 2. The van der Waals surface area contributed by atoms with Crippen LogP contribution in [0.5, 0.6) is 0 Å². The Bertz CT molecular complexity index is 393. The molecule has 0 saturated heterocycles. The van der Waals surface area contributed by atoms with Crippen molar-refractivity contribution in [3.8, 4) is 0 Å². The maximum atomic E-state index is 13.0. The predicted octanol–water partition coefficient (Wildman–Crippen LogP) is 2.31. The van der Waals surface area contributed by atoms with Crippen molar-refractivity contribution in [1.82, 2.24) is 4.72 Å². The third-order valence-electron chi connectivity index (χ3n) is 1.76. The van der Waals surface area contributed by atoms with Gasteiger partial charge in [-0.15, -0.1) is 0 Å². The number of ether oxygens (including phenoxy) is 1. The lowest BCUT2D eigenvalue weighted by molar-refractivity contribution is 0.136. The lowest BCUT2D eigenvalue weighted by Gasteiger charge is -2.05. The smallest absolute Gasteiger partial charge is 0.322 e. The Labute approximate surface area is 108 Å². The average Bonchev–Trinajstić information content (AvgIpc) is 2.27. The van der Waals surface area contributed by atoms with Crippen molar-refractivity contribution in [1.29, 1.82) is 0 Å². The Kier molecular flexibility index (Phi) is 6.10. The van der Waals surface area contributed by atoms with Crippen LogP contribution in [-0.2, 0) is 11.3 Å². The van der Waals surface area contributed by atoms with Crippen LogP contribution >= 0.6 is 23.5 Å². The van der Waals surface area contributed by atoms with Crippen molar-refractivity contribution in [3.05, 3.63) is 34.6 Å². The fraction of sp³-hybridized carbons (Fsp3) is 0.300. The van der Waals surface area contributed by atoms with Crippen LogP contribution in [0.4, 0.5) is 9.18 Å². The molecule has 0 aromatic heterocycles. The molecule has 94 valence electrons. The average molecular weight is 279 g/mol. The Balaban J connectivity index is 2.18. The molecule has 1 rings (SSSR count). The predicted molar refractivity (Wildman–Crippen MR) is 66.2 cm³/mol. The van der Waals surface area contributed by atoms with E-state index in [4.69, 9.17) is 22.1 Å². The highest BCUT2D eigenvalue weighted by atomic mass is 35.5. The van der Waals surface area contributed by atoms with Gasteiger partial charge in [0.1, 0.15) is 5.82 Å². The number of carbonyl (C=O) groups excluding carboxylic acids is 1. The van der Waals surface area contributed by atoms with E-state index in [0.29, 0.717) is 24.5 Å². The minimum Gasteiger partial charge on any atom is -0.376 e. The van der Waals surface area contributed by atoms with Crippen molar-refractivity contribution >= 4 is 29.6 Å². The molecule has 0 atom stereocenters. The van der Waals surface area contributed by atoms with Gasteiger partial charge in [0, 0.05) is 5.75 Å². The first kappa shape index (κ1) is 14.1. The van der Waals surface area contributed by atoms with Crippen LogP contribution in [0.3, 0.4) is 0 Å². The summed E-state index contributed by atoms with van der Waals surface area (Å²) in [6.45, 7) is 0.723. The van der Waals surface area contributed by atoms with E-state index in [1.807, 2.05) is 0 Å². The highest BCUT2D eigenvalue weighted by Crippen LogP contribution is 2.16. The van der Waals surface area contributed by atoms with E-state index in [2.05, 4.69) is 4.72 Å². The molecular formula is C10H12ClFN2O2S. The second-order valence-corrected chi connectivity index (χ2v) is 4.42. The van der Waals surface area contributed by atoms with Crippen LogP contribution in [0.2, 0.25) is 5.02 Å². The van der Waals surface area contributed by atoms with Crippen LogP contribution in [0.25, 0.3) is 0 Å². The van der Waals surface area contributed by atoms with Gasteiger partial charge >= 0.3 is 6.03 Å². The van der Waals surface area contributed by atoms with E-state index in [-0.39, 0.29) is 5.02 Å². The van der Waals surface area contributed by atoms with Gasteiger partial charge in [-0.25, -0.2) is 9.18 Å². The van der Waals surface area contributed by atoms with Crippen LogP contribution in [0.1, 0.15) is 5.56 Å². The zero-order valence-corrected chi connectivity index (χ0v) is 10.5. The number of nitrogens with two attached hydrogens (primary N) is 1. The van der Waals surface area contributed by atoms with Crippen molar-refractivity contribution in [2.75, 3.05) is 12.4 Å². The maximum absolute atomic E-state index is 13.0. The van der Waals surface area contributed by atoms with Crippen LogP contribution < -0.4 is 10.5 Å². The Hall–Kier alpha value is -0.980. The van der Waals surface area contributed by atoms with E-state index >= 15 is 0 Å². The summed E-state index contributed by atoms with van der Waals surface area (Å²) in [6, 6.07) is 3.92. The van der Waals surface area contributed by atoms with Gasteiger partial charge in [-0.2, -0.15) is 0 Å². The van der Waals surface area contributed by atoms with Crippen molar-refractivity contribution in [3.63, 3.8) is 0 Å². The molecule has 7 heteroatoms. The van der Waals surface area contributed by atoms with Gasteiger partial charge in [0.25, 0.3) is 0 Å². The summed E-state index contributed by atoms with van der Waals surface area (Å²) in [6.07, 6.45) is 0. The molecule has 0 heterocycles. The second-order valence-electron chi connectivity index (χ2n) is 3.12. The molecule has 4 nitrogen and oxygen atoms in total. The van der Waals surface area contributed by atoms with Gasteiger partial charge < -0.3 is 10.5 Å². The molecule has 0 aliphatic heterocycles. The quantitative estimate of drug-likeness (QED) is 0.620. The number of nitrogens with one attached hydrogen (secondary N) is 1. The molecule has 0 bridgehead atoms. The van der Waals surface area contributed by atoms with Gasteiger partial charge in [0.15, 0.2) is 0 Å². The van der Waals surface area contributed by atoms with Crippen molar-refractivity contribution in [2.45, 2.75) is 6.61 Å². The number of urea groups is 1. The number of primary amides is 1. The SMILES string of the molecule is NC(=O)NSCCOCc1ccc(Cl)c(F)c1. The fourth-order valence-corrected chi connectivity index (χ4v) is 1.61. The first-order valence-corrected chi connectivity index (χ1v) is 6.15. The van der Waals surface area contributed by atoms with E-state index in [9.17, 15) is 9.18 Å². The van der Waals surface area contributed by atoms with Crippen molar-refractivity contribution < 1.29 is 13.9 Å². The van der Waals surface area contributed by atoms with E-state index in [1.165, 1.54) is 12.1 Å². The topological polar surface area (TPSA) is 64.4 Å². The maximum Gasteiger partial charge on any atom is 0.322 e.